The van der Waals surface area contributed by atoms with E-state index >= 15 is 0 Å². The molecule has 0 saturated carbocycles. The lowest BCUT2D eigenvalue weighted by atomic mass is 9.89. The summed E-state index contributed by atoms with van der Waals surface area (Å²) < 4.78 is 0. The van der Waals surface area contributed by atoms with Gasteiger partial charge < -0.3 is 9.90 Å². The van der Waals surface area contributed by atoms with Crippen molar-refractivity contribution in [3.8, 4) is 0 Å². The first-order chi connectivity index (χ1) is 6.18. The highest BCUT2D eigenvalue weighted by Crippen LogP contribution is 2.32. The van der Waals surface area contributed by atoms with Crippen molar-refractivity contribution in [3.63, 3.8) is 0 Å². The molecule has 1 heterocycles. The second-order valence-corrected chi connectivity index (χ2v) is 4.65. The second kappa shape index (κ2) is 3.14. The van der Waals surface area contributed by atoms with Crippen LogP contribution in [0.25, 0.3) is 0 Å². The molecule has 70 valence electrons. The van der Waals surface area contributed by atoms with E-state index in [1.54, 1.807) is 16.7 Å². The summed E-state index contributed by atoms with van der Waals surface area (Å²) in [5.41, 5.74) is 1.45. The van der Waals surface area contributed by atoms with Gasteiger partial charge in [-0.05, 0) is 30.7 Å². The van der Waals surface area contributed by atoms with Crippen LogP contribution in [0.2, 0.25) is 0 Å². The Morgan fingerprint density at radius 1 is 1.69 bits per heavy atom. The Morgan fingerprint density at radius 3 is 3.15 bits per heavy atom. The van der Waals surface area contributed by atoms with Gasteiger partial charge in [0, 0.05) is 15.8 Å². The van der Waals surface area contributed by atoms with E-state index in [1.807, 2.05) is 0 Å². The zero-order valence-electron chi connectivity index (χ0n) is 7.50. The normalized spacial score (nSPS) is 21.2. The van der Waals surface area contributed by atoms with Gasteiger partial charge >= 0.3 is 0 Å². The average Bonchev–Trinajstić information content (AvgIpc) is 2.46. The minimum atomic E-state index is -1.02. The summed E-state index contributed by atoms with van der Waals surface area (Å²) in [6.07, 6.45) is 3.04. The smallest absolute Gasteiger partial charge is 0.0726 e. The molecule has 0 aromatic carbocycles. The summed E-state index contributed by atoms with van der Waals surface area (Å²) in [6, 6.07) is 0. The first-order valence-electron chi connectivity index (χ1n) is 4.49. The van der Waals surface area contributed by atoms with Crippen molar-refractivity contribution in [1.29, 1.82) is 0 Å². The van der Waals surface area contributed by atoms with Gasteiger partial charge in [-0.15, -0.1) is 11.3 Å². The van der Waals surface area contributed by atoms with Crippen LogP contribution in [-0.4, -0.2) is 5.97 Å². The molecule has 0 fully saturated rings. The molecule has 0 aliphatic heterocycles. The molecule has 0 saturated heterocycles. The molecule has 2 rings (SSSR count). The first-order valence-corrected chi connectivity index (χ1v) is 5.37. The quantitative estimate of drug-likeness (QED) is 0.676. The number of thiophene rings is 1. The third-order valence-electron chi connectivity index (χ3n) is 2.62. The van der Waals surface area contributed by atoms with Crippen LogP contribution in [-0.2, 0) is 12.8 Å². The molecule has 1 unspecified atom stereocenters. The van der Waals surface area contributed by atoms with Crippen LogP contribution in [0.15, 0.2) is 5.38 Å². The molecular weight excluding hydrogens is 184 g/mol. The largest absolute Gasteiger partial charge is 0.545 e. The molecule has 3 heteroatoms. The fourth-order valence-electron chi connectivity index (χ4n) is 1.85. The molecule has 2 nitrogen and oxygen atoms in total. The number of hydrogen-bond acceptors (Lipinski definition) is 3. The SMILES string of the molecule is CC1CCc2c(C(=O)[O-])csc2C1. The van der Waals surface area contributed by atoms with E-state index in [-0.39, 0.29) is 0 Å². The Balaban J connectivity index is 2.39. The highest BCUT2D eigenvalue weighted by atomic mass is 32.1. The maximum atomic E-state index is 10.7. The predicted octanol–water partition coefficient (Wildman–Crippen LogP) is 1.24. The van der Waals surface area contributed by atoms with E-state index in [9.17, 15) is 9.90 Å². The monoisotopic (exact) mass is 195 g/mol. The molecule has 13 heavy (non-hydrogen) atoms. The molecule has 0 bridgehead atoms. The molecule has 0 spiro atoms. The van der Waals surface area contributed by atoms with Gasteiger partial charge in [0.1, 0.15) is 0 Å². The van der Waals surface area contributed by atoms with Gasteiger partial charge in [0.05, 0.1) is 5.97 Å². The Hall–Kier alpha value is -0.830. The van der Waals surface area contributed by atoms with Crippen molar-refractivity contribution >= 4 is 17.3 Å². The van der Waals surface area contributed by atoms with Crippen molar-refractivity contribution in [2.24, 2.45) is 5.92 Å². The number of carbonyl (C=O) groups is 1. The predicted molar refractivity (Wildman–Crippen MR) is 49.8 cm³/mol. The van der Waals surface area contributed by atoms with Crippen LogP contribution in [0.4, 0.5) is 0 Å². The summed E-state index contributed by atoms with van der Waals surface area (Å²) in [6.45, 7) is 2.21. The molecule has 1 aliphatic rings. The Labute approximate surface area is 81.2 Å². The zero-order chi connectivity index (χ0) is 9.42. The lowest BCUT2D eigenvalue weighted by Gasteiger charge is -2.19. The van der Waals surface area contributed by atoms with Crippen LogP contribution in [0.1, 0.15) is 34.1 Å². The fraction of sp³-hybridized carbons (Fsp3) is 0.500. The Morgan fingerprint density at radius 2 is 2.46 bits per heavy atom. The van der Waals surface area contributed by atoms with E-state index in [0.29, 0.717) is 11.5 Å². The zero-order valence-corrected chi connectivity index (χ0v) is 8.32. The van der Waals surface area contributed by atoms with Gasteiger partial charge in [0.15, 0.2) is 0 Å². The average molecular weight is 195 g/mol. The summed E-state index contributed by atoms with van der Waals surface area (Å²) in [5.74, 6) is -0.326. The highest BCUT2D eigenvalue weighted by molar-refractivity contribution is 7.10. The number of hydrogen-bond donors (Lipinski definition) is 0. The van der Waals surface area contributed by atoms with Crippen molar-refractivity contribution in [3.05, 3.63) is 21.4 Å². The maximum Gasteiger partial charge on any atom is 0.0726 e. The van der Waals surface area contributed by atoms with Gasteiger partial charge in [-0.3, -0.25) is 0 Å². The molecule has 1 atom stereocenters. The van der Waals surface area contributed by atoms with E-state index in [0.717, 1.165) is 24.8 Å². The Bertz CT molecular complexity index is 341. The Kier molecular flexibility index (Phi) is 2.12. The molecule has 1 aromatic rings. The summed E-state index contributed by atoms with van der Waals surface area (Å²) >= 11 is 1.56. The second-order valence-electron chi connectivity index (χ2n) is 3.69. The van der Waals surface area contributed by atoms with Crippen LogP contribution in [0.3, 0.4) is 0 Å². The maximum absolute atomic E-state index is 10.7. The van der Waals surface area contributed by atoms with Crippen LogP contribution in [0.5, 0.6) is 0 Å². The summed E-state index contributed by atoms with van der Waals surface area (Å²) in [5, 5.41) is 12.4. The first kappa shape index (κ1) is 8.75. The van der Waals surface area contributed by atoms with E-state index in [1.165, 1.54) is 4.88 Å². The summed E-state index contributed by atoms with van der Waals surface area (Å²) in [4.78, 5) is 12.0. The summed E-state index contributed by atoms with van der Waals surface area (Å²) in [7, 11) is 0. The van der Waals surface area contributed by atoms with Crippen molar-refractivity contribution in [1.82, 2.24) is 0 Å². The fourth-order valence-corrected chi connectivity index (χ4v) is 3.08. The van der Waals surface area contributed by atoms with Crippen LogP contribution < -0.4 is 5.11 Å². The molecule has 0 radical (unpaired) electrons. The number of carboxylic acids is 1. The minimum Gasteiger partial charge on any atom is -0.545 e. The van der Waals surface area contributed by atoms with E-state index in [4.69, 9.17) is 0 Å². The standard InChI is InChI=1S/C10H12O2S/c1-6-2-3-7-8(10(11)12)5-13-9(7)4-6/h5-6H,2-4H2,1H3,(H,11,12)/p-1. The number of fused-ring (bicyclic) bond motifs is 1. The molecule has 1 aromatic heterocycles. The lowest BCUT2D eigenvalue weighted by Crippen LogP contribution is -2.24. The van der Waals surface area contributed by atoms with Gasteiger partial charge in [0.25, 0.3) is 0 Å². The lowest BCUT2D eigenvalue weighted by molar-refractivity contribution is -0.255. The number of aromatic carboxylic acids is 1. The third kappa shape index (κ3) is 1.48. The molecular formula is C10H11O2S-. The van der Waals surface area contributed by atoms with Gasteiger partial charge in [-0.2, -0.15) is 0 Å². The molecule has 1 aliphatic carbocycles. The molecule has 0 amide bonds. The third-order valence-corrected chi connectivity index (χ3v) is 3.67. The van der Waals surface area contributed by atoms with Crippen LogP contribution >= 0.6 is 11.3 Å². The number of carboxylic acid groups (broad SMARTS) is 1. The van der Waals surface area contributed by atoms with Crippen molar-refractivity contribution < 1.29 is 9.90 Å². The number of carbonyl (C=O) groups excluding carboxylic acids is 1. The van der Waals surface area contributed by atoms with Crippen LogP contribution in [0, 0.1) is 5.92 Å². The highest BCUT2D eigenvalue weighted by Gasteiger charge is 2.19. The minimum absolute atomic E-state index is 0.423. The van der Waals surface area contributed by atoms with Gasteiger partial charge in [-0.1, -0.05) is 6.92 Å². The van der Waals surface area contributed by atoms with Gasteiger partial charge in [0.2, 0.25) is 0 Å². The van der Waals surface area contributed by atoms with Gasteiger partial charge in [-0.25, -0.2) is 0 Å². The van der Waals surface area contributed by atoms with Crippen molar-refractivity contribution in [2.45, 2.75) is 26.2 Å². The molecule has 0 N–H and O–H groups in total. The van der Waals surface area contributed by atoms with E-state index < -0.39 is 5.97 Å². The topological polar surface area (TPSA) is 40.1 Å². The number of rotatable bonds is 1. The van der Waals surface area contributed by atoms with Crippen molar-refractivity contribution in [2.75, 3.05) is 0 Å². The van der Waals surface area contributed by atoms with E-state index in [2.05, 4.69) is 6.92 Å².